The van der Waals surface area contributed by atoms with E-state index in [-0.39, 0.29) is 5.91 Å². The zero-order valence-corrected chi connectivity index (χ0v) is 13.5. The van der Waals surface area contributed by atoms with Gasteiger partial charge in [0.25, 0.3) is 5.91 Å². The molecule has 1 heterocycles. The van der Waals surface area contributed by atoms with Gasteiger partial charge in [-0.3, -0.25) is 4.79 Å². The van der Waals surface area contributed by atoms with Gasteiger partial charge in [-0.1, -0.05) is 19.8 Å². The normalized spacial score (nSPS) is 26.1. The molecule has 5 heteroatoms. The lowest BCUT2D eigenvalue weighted by Crippen LogP contribution is -2.25. The highest BCUT2D eigenvalue weighted by Crippen LogP contribution is 2.33. The molecule has 0 saturated heterocycles. The number of thiophene rings is 1. The first-order valence-corrected chi connectivity index (χ1v) is 8.90. The monoisotopic (exact) mass is 307 g/mol. The summed E-state index contributed by atoms with van der Waals surface area (Å²) >= 11 is 1.49. The maximum atomic E-state index is 12.1. The topological polar surface area (TPSA) is 67.1 Å². The lowest BCUT2D eigenvalue weighted by molar-refractivity contribution is 0.0956. The molecule has 1 amide bonds. The van der Waals surface area contributed by atoms with Crippen molar-refractivity contribution in [3.8, 4) is 0 Å². The van der Waals surface area contributed by atoms with E-state index in [1.54, 1.807) is 0 Å². The SMILES string of the molecule is CC1CCCC(Nc2cc(N)c(C(=O)NC3CC3)s2)CC1. The van der Waals surface area contributed by atoms with Gasteiger partial charge < -0.3 is 16.4 Å². The molecule has 3 rings (SSSR count). The number of amides is 1. The minimum atomic E-state index is -0.0115. The van der Waals surface area contributed by atoms with Crippen LogP contribution in [0.1, 0.15) is 61.5 Å². The van der Waals surface area contributed by atoms with E-state index in [1.165, 1.54) is 43.4 Å². The lowest BCUT2D eigenvalue weighted by atomic mass is 10.0. The second kappa shape index (κ2) is 6.26. The zero-order valence-electron chi connectivity index (χ0n) is 12.7. The first kappa shape index (κ1) is 14.7. The molecular formula is C16H25N3OS. The summed E-state index contributed by atoms with van der Waals surface area (Å²) in [6.07, 6.45) is 8.53. The molecule has 2 atom stereocenters. The average molecular weight is 307 g/mol. The summed E-state index contributed by atoms with van der Waals surface area (Å²) in [6, 6.07) is 2.81. The molecule has 4 N–H and O–H groups in total. The number of carbonyl (C=O) groups excluding carboxylic acids is 1. The second-order valence-electron chi connectivity index (χ2n) is 6.60. The fraction of sp³-hybridized carbons (Fsp3) is 0.688. The van der Waals surface area contributed by atoms with Gasteiger partial charge in [-0.2, -0.15) is 0 Å². The molecule has 1 aromatic rings. The summed E-state index contributed by atoms with van der Waals surface area (Å²) in [4.78, 5) is 12.8. The van der Waals surface area contributed by atoms with Crippen LogP contribution in [-0.4, -0.2) is 18.0 Å². The van der Waals surface area contributed by atoms with Crippen molar-refractivity contribution in [3.63, 3.8) is 0 Å². The number of nitrogen functional groups attached to an aromatic ring is 1. The van der Waals surface area contributed by atoms with E-state index in [1.807, 2.05) is 6.07 Å². The predicted molar refractivity (Wildman–Crippen MR) is 88.9 cm³/mol. The van der Waals surface area contributed by atoms with Crippen LogP contribution in [0.2, 0.25) is 0 Å². The largest absolute Gasteiger partial charge is 0.397 e. The van der Waals surface area contributed by atoms with Crippen LogP contribution in [0.5, 0.6) is 0 Å². The first-order chi connectivity index (χ1) is 10.1. The zero-order chi connectivity index (χ0) is 14.8. The van der Waals surface area contributed by atoms with Crippen LogP contribution in [0.25, 0.3) is 0 Å². The van der Waals surface area contributed by atoms with Crippen LogP contribution < -0.4 is 16.4 Å². The van der Waals surface area contributed by atoms with E-state index in [0.29, 0.717) is 22.6 Å². The Bertz CT molecular complexity index is 510. The van der Waals surface area contributed by atoms with Gasteiger partial charge in [0.2, 0.25) is 0 Å². The Morgan fingerprint density at radius 1 is 1.19 bits per heavy atom. The van der Waals surface area contributed by atoms with Crippen LogP contribution in [0, 0.1) is 5.92 Å². The number of carbonyl (C=O) groups is 1. The van der Waals surface area contributed by atoms with Crippen molar-refractivity contribution in [1.82, 2.24) is 5.32 Å². The van der Waals surface area contributed by atoms with Crippen LogP contribution in [0.4, 0.5) is 10.7 Å². The molecule has 2 aliphatic rings. The molecule has 116 valence electrons. The van der Waals surface area contributed by atoms with Crippen molar-refractivity contribution in [2.75, 3.05) is 11.1 Å². The molecule has 0 bridgehead atoms. The van der Waals surface area contributed by atoms with Crippen LogP contribution in [0.15, 0.2) is 6.07 Å². The Hall–Kier alpha value is -1.23. The van der Waals surface area contributed by atoms with Gasteiger partial charge in [0.1, 0.15) is 4.88 Å². The van der Waals surface area contributed by atoms with Gasteiger partial charge in [-0.25, -0.2) is 0 Å². The Morgan fingerprint density at radius 3 is 2.71 bits per heavy atom. The number of nitrogens with one attached hydrogen (secondary N) is 2. The number of rotatable bonds is 4. The van der Waals surface area contributed by atoms with Gasteiger partial charge in [0.15, 0.2) is 0 Å². The minimum Gasteiger partial charge on any atom is -0.397 e. The fourth-order valence-electron chi connectivity index (χ4n) is 2.96. The maximum absolute atomic E-state index is 12.1. The van der Waals surface area contributed by atoms with Gasteiger partial charge in [-0.15, -0.1) is 11.3 Å². The van der Waals surface area contributed by atoms with Gasteiger partial charge in [0.05, 0.1) is 10.7 Å². The van der Waals surface area contributed by atoms with Gasteiger partial charge >= 0.3 is 0 Å². The van der Waals surface area contributed by atoms with Crippen molar-refractivity contribution < 1.29 is 4.79 Å². The van der Waals surface area contributed by atoms with Crippen molar-refractivity contribution in [3.05, 3.63) is 10.9 Å². The Balaban J connectivity index is 1.61. The highest BCUT2D eigenvalue weighted by atomic mass is 32.1. The number of hydrogen-bond acceptors (Lipinski definition) is 4. The predicted octanol–water partition coefficient (Wildman–Crippen LogP) is 3.60. The summed E-state index contributed by atoms with van der Waals surface area (Å²) < 4.78 is 0. The van der Waals surface area contributed by atoms with E-state index in [2.05, 4.69) is 17.6 Å². The highest BCUT2D eigenvalue weighted by Gasteiger charge is 2.26. The van der Waals surface area contributed by atoms with Crippen molar-refractivity contribution in [2.45, 2.75) is 64.0 Å². The molecule has 4 nitrogen and oxygen atoms in total. The minimum absolute atomic E-state index is 0.0115. The third-order valence-electron chi connectivity index (χ3n) is 4.48. The second-order valence-corrected chi connectivity index (χ2v) is 7.65. The summed E-state index contributed by atoms with van der Waals surface area (Å²) in [5.41, 5.74) is 6.61. The van der Waals surface area contributed by atoms with E-state index in [4.69, 9.17) is 5.73 Å². The summed E-state index contributed by atoms with van der Waals surface area (Å²) in [6.45, 7) is 2.34. The third-order valence-corrected chi connectivity index (χ3v) is 5.56. The van der Waals surface area contributed by atoms with E-state index in [9.17, 15) is 4.79 Å². The number of hydrogen-bond donors (Lipinski definition) is 3. The van der Waals surface area contributed by atoms with Crippen LogP contribution in [-0.2, 0) is 0 Å². The number of anilines is 2. The van der Waals surface area contributed by atoms with Crippen molar-refractivity contribution in [1.29, 1.82) is 0 Å². The van der Waals surface area contributed by atoms with Crippen molar-refractivity contribution in [2.24, 2.45) is 5.92 Å². The Labute approximate surface area is 130 Å². The third kappa shape index (κ3) is 3.90. The molecule has 21 heavy (non-hydrogen) atoms. The van der Waals surface area contributed by atoms with Crippen LogP contribution in [0.3, 0.4) is 0 Å². The van der Waals surface area contributed by atoms with E-state index in [0.717, 1.165) is 23.8 Å². The lowest BCUT2D eigenvalue weighted by Gasteiger charge is -2.16. The standard InChI is InChI=1S/C16H25N3OS/c1-10-3-2-4-11(6-5-10)18-14-9-13(17)15(21-14)16(20)19-12-7-8-12/h9-12,18H,2-8,17H2,1H3,(H,19,20). The molecule has 0 aliphatic heterocycles. The van der Waals surface area contributed by atoms with Crippen LogP contribution >= 0.6 is 11.3 Å². The molecule has 2 fully saturated rings. The van der Waals surface area contributed by atoms with Crippen molar-refractivity contribution >= 4 is 27.9 Å². The summed E-state index contributed by atoms with van der Waals surface area (Å²) in [5.74, 6) is 0.827. The van der Waals surface area contributed by atoms with Gasteiger partial charge in [0, 0.05) is 12.1 Å². The molecule has 0 radical (unpaired) electrons. The average Bonchev–Trinajstić information content (AvgIpc) is 3.20. The number of nitrogens with two attached hydrogens (primary N) is 1. The fourth-order valence-corrected chi connectivity index (χ4v) is 3.92. The Morgan fingerprint density at radius 2 is 1.95 bits per heavy atom. The van der Waals surface area contributed by atoms with Gasteiger partial charge in [-0.05, 0) is 44.1 Å². The molecule has 2 saturated carbocycles. The molecule has 0 aromatic carbocycles. The maximum Gasteiger partial charge on any atom is 0.263 e. The highest BCUT2D eigenvalue weighted by molar-refractivity contribution is 7.18. The molecule has 1 aromatic heterocycles. The molecule has 2 aliphatic carbocycles. The quantitative estimate of drug-likeness (QED) is 0.745. The van der Waals surface area contributed by atoms with E-state index >= 15 is 0 Å². The smallest absolute Gasteiger partial charge is 0.263 e. The Kier molecular flexibility index (Phi) is 4.38. The molecule has 2 unspecified atom stereocenters. The first-order valence-electron chi connectivity index (χ1n) is 8.08. The van der Waals surface area contributed by atoms with E-state index < -0.39 is 0 Å². The summed E-state index contributed by atoms with van der Waals surface area (Å²) in [7, 11) is 0. The molecular weight excluding hydrogens is 282 g/mol. The molecule has 0 spiro atoms. The summed E-state index contributed by atoms with van der Waals surface area (Å²) in [5, 5.41) is 7.63.